The molecule has 7 heteroatoms. The van der Waals surface area contributed by atoms with Gasteiger partial charge in [-0.25, -0.2) is 8.42 Å². The monoisotopic (exact) mass is 251 g/mol. The van der Waals surface area contributed by atoms with E-state index >= 15 is 0 Å². The van der Waals surface area contributed by atoms with Crippen LogP contribution in [0.2, 0.25) is 0 Å². The number of hydrogen-bond acceptors (Lipinski definition) is 5. The first kappa shape index (κ1) is 14.9. The number of amides is 1. The summed E-state index contributed by atoms with van der Waals surface area (Å²) in [7, 11) is -2.08. The van der Waals surface area contributed by atoms with E-state index in [1.54, 1.807) is 6.92 Å². The Labute approximate surface area is 95.5 Å². The molecule has 1 atom stereocenters. The number of esters is 1. The largest absolute Gasteiger partial charge is 0.465 e. The molecule has 0 rings (SSSR count). The molecule has 0 heterocycles. The van der Waals surface area contributed by atoms with Crippen molar-refractivity contribution >= 4 is 21.7 Å². The molecule has 0 aliphatic heterocycles. The van der Waals surface area contributed by atoms with Crippen LogP contribution >= 0.6 is 0 Å². The lowest BCUT2D eigenvalue weighted by atomic mass is 10.4. The van der Waals surface area contributed by atoms with Crippen LogP contribution in [-0.4, -0.2) is 56.9 Å². The van der Waals surface area contributed by atoms with Crippen LogP contribution in [-0.2, 0) is 24.2 Å². The van der Waals surface area contributed by atoms with Crippen molar-refractivity contribution in [3.63, 3.8) is 0 Å². The van der Waals surface area contributed by atoms with Gasteiger partial charge >= 0.3 is 5.97 Å². The van der Waals surface area contributed by atoms with E-state index in [4.69, 9.17) is 0 Å². The van der Waals surface area contributed by atoms with Crippen LogP contribution < -0.4 is 0 Å². The van der Waals surface area contributed by atoms with Crippen molar-refractivity contribution in [2.24, 2.45) is 0 Å². The van der Waals surface area contributed by atoms with Gasteiger partial charge in [-0.1, -0.05) is 0 Å². The zero-order valence-corrected chi connectivity index (χ0v) is 10.7. The summed E-state index contributed by atoms with van der Waals surface area (Å²) in [5.41, 5.74) is 0. The van der Waals surface area contributed by atoms with E-state index in [1.165, 1.54) is 14.0 Å². The Morgan fingerprint density at radius 3 is 2.25 bits per heavy atom. The predicted octanol–water partition coefficient (Wildman–Crippen LogP) is -0.559. The van der Waals surface area contributed by atoms with Gasteiger partial charge in [0, 0.05) is 13.3 Å². The molecule has 0 aromatic rings. The lowest BCUT2D eigenvalue weighted by molar-refractivity contribution is -0.147. The van der Waals surface area contributed by atoms with Crippen LogP contribution in [0.25, 0.3) is 0 Å². The molecule has 0 radical (unpaired) electrons. The van der Waals surface area contributed by atoms with Gasteiger partial charge in [-0.3, -0.25) is 9.59 Å². The molecule has 94 valence electrons. The summed E-state index contributed by atoms with van der Waals surface area (Å²) >= 11 is 0. The highest BCUT2D eigenvalue weighted by molar-refractivity contribution is 7.92. The van der Waals surface area contributed by atoms with Gasteiger partial charge in [0.2, 0.25) is 5.91 Å². The fourth-order valence-electron chi connectivity index (χ4n) is 0.972. The van der Waals surface area contributed by atoms with Crippen LogP contribution in [0.5, 0.6) is 0 Å². The van der Waals surface area contributed by atoms with Gasteiger partial charge in [0.25, 0.3) is 0 Å². The molecule has 0 bridgehead atoms. The Morgan fingerprint density at radius 1 is 1.38 bits per heavy atom. The van der Waals surface area contributed by atoms with Crippen molar-refractivity contribution in [2.45, 2.75) is 19.1 Å². The maximum Gasteiger partial charge on any atom is 0.325 e. The van der Waals surface area contributed by atoms with Crippen LogP contribution in [0, 0.1) is 0 Å². The molecule has 0 aromatic carbocycles. The Morgan fingerprint density at radius 2 is 1.88 bits per heavy atom. The molecule has 0 aliphatic rings. The minimum absolute atomic E-state index is 0.225. The molecule has 0 saturated heterocycles. The summed E-state index contributed by atoms with van der Waals surface area (Å²) in [5, 5.41) is -1.15. The van der Waals surface area contributed by atoms with E-state index < -0.39 is 27.0 Å². The third-order valence-corrected chi connectivity index (χ3v) is 3.52. The number of hydrogen-bond donors (Lipinski definition) is 0. The highest BCUT2D eigenvalue weighted by Gasteiger charge is 2.27. The molecule has 0 N–H and O–H groups in total. The van der Waals surface area contributed by atoms with Gasteiger partial charge in [0.1, 0.15) is 11.8 Å². The summed E-state index contributed by atoms with van der Waals surface area (Å²) in [6.07, 6.45) is 0.980. The SMILES string of the molecule is CCOC(=O)CN(C)C(=O)C(C)S(C)(=O)=O. The summed E-state index contributed by atoms with van der Waals surface area (Å²) in [6.45, 7) is 2.92. The second-order valence-electron chi connectivity index (χ2n) is 3.47. The Hall–Kier alpha value is -1.11. The average molecular weight is 251 g/mol. The molecule has 0 spiro atoms. The van der Waals surface area contributed by atoms with Crippen molar-refractivity contribution in [3.05, 3.63) is 0 Å². The third kappa shape index (κ3) is 4.61. The van der Waals surface area contributed by atoms with E-state index in [9.17, 15) is 18.0 Å². The first-order valence-corrected chi connectivity index (χ1v) is 6.75. The van der Waals surface area contributed by atoms with E-state index in [2.05, 4.69) is 4.74 Å². The Kier molecular flexibility index (Phi) is 5.43. The normalized spacial score (nSPS) is 13.0. The maximum atomic E-state index is 11.6. The van der Waals surface area contributed by atoms with Gasteiger partial charge in [0.15, 0.2) is 9.84 Å². The standard InChI is InChI=1S/C9H17NO5S/c1-5-15-8(11)6-10(3)9(12)7(2)16(4,13)14/h7H,5-6H2,1-4H3. The molecule has 1 amide bonds. The number of ether oxygens (including phenoxy) is 1. The molecule has 0 fully saturated rings. The molecular weight excluding hydrogens is 234 g/mol. The zero-order valence-electron chi connectivity index (χ0n) is 9.89. The molecular formula is C9H17NO5S. The first-order valence-electron chi connectivity index (χ1n) is 4.79. The van der Waals surface area contributed by atoms with E-state index in [0.717, 1.165) is 11.2 Å². The van der Waals surface area contributed by atoms with E-state index in [1.807, 2.05) is 0 Å². The van der Waals surface area contributed by atoms with E-state index in [0.29, 0.717) is 0 Å². The van der Waals surface area contributed by atoms with Gasteiger partial charge < -0.3 is 9.64 Å². The van der Waals surface area contributed by atoms with Gasteiger partial charge in [0.05, 0.1) is 6.61 Å². The first-order chi connectivity index (χ1) is 7.20. The van der Waals surface area contributed by atoms with Crippen molar-refractivity contribution in [2.75, 3.05) is 26.5 Å². The summed E-state index contributed by atoms with van der Waals surface area (Å²) in [4.78, 5) is 23.7. The molecule has 0 aromatic heterocycles. The quantitative estimate of drug-likeness (QED) is 0.612. The maximum absolute atomic E-state index is 11.6. The van der Waals surface area contributed by atoms with Crippen LogP contribution in [0.3, 0.4) is 0 Å². The molecule has 16 heavy (non-hydrogen) atoms. The zero-order chi connectivity index (χ0) is 12.9. The fraction of sp³-hybridized carbons (Fsp3) is 0.778. The van der Waals surface area contributed by atoms with Crippen molar-refractivity contribution in [1.82, 2.24) is 4.90 Å². The number of likely N-dealkylation sites (N-methyl/N-ethyl adjacent to an activating group) is 1. The highest BCUT2D eigenvalue weighted by atomic mass is 32.2. The second kappa shape index (κ2) is 5.83. The predicted molar refractivity (Wildman–Crippen MR) is 58.6 cm³/mol. The lowest BCUT2D eigenvalue weighted by Gasteiger charge is -2.19. The molecule has 1 unspecified atom stereocenters. The third-order valence-electron chi connectivity index (χ3n) is 2.04. The topological polar surface area (TPSA) is 80.8 Å². The summed E-state index contributed by atoms with van der Waals surface area (Å²) < 4.78 is 26.9. The second-order valence-corrected chi connectivity index (χ2v) is 5.84. The molecule has 6 nitrogen and oxygen atoms in total. The number of nitrogens with zero attached hydrogens (tertiary/aromatic N) is 1. The van der Waals surface area contributed by atoms with Gasteiger partial charge in [-0.05, 0) is 13.8 Å². The van der Waals surface area contributed by atoms with E-state index in [-0.39, 0.29) is 13.2 Å². The number of carbonyl (C=O) groups is 2. The number of carbonyl (C=O) groups excluding carboxylic acids is 2. The minimum Gasteiger partial charge on any atom is -0.465 e. The average Bonchev–Trinajstić information content (AvgIpc) is 2.14. The Balaban J connectivity index is 4.46. The molecule has 0 aliphatic carbocycles. The number of rotatable bonds is 5. The van der Waals surface area contributed by atoms with Gasteiger partial charge in [-0.2, -0.15) is 0 Å². The smallest absolute Gasteiger partial charge is 0.325 e. The lowest BCUT2D eigenvalue weighted by Crippen LogP contribution is -2.41. The fourth-order valence-corrected chi connectivity index (χ4v) is 1.52. The van der Waals surface area contributed by atoms with Crippen molar-refractivity contribution in [1.29, 1.82) is 0 Å². The van der Waals surface area contributed by atoms with Crippen molar-refractivity contribution in [3.8, 4) is 0 Å². The van der Waals surface area contributed by atoms with Gasteiger partial charge in [-0.15, -0.1) is 0 Å². The minimum atomic E-state index is -3.44. The number of sulfone groups is 1. The summed E-state index contributed by atoms with van der Waals surface area (Å²) in [6, 6.07) is 0. The van der Waals surface area contributed by atoms with Crippen molar-refractivity contribution < 1.29 is 22.7 Å². The van der Waals surface area contributed by atoms with Crippen LogP contribution in [0.15, 0.2) is 0 Å². The summed E-state index contributed by atoms with van der Waals surface area (Å²) in [5.74, 6) is -1.17. The Bertz CT molecular complexity index is 362. The highest BCUT2D eigenvalue weighted by Crippen LogP contribution is 2.02. The molecule has 0 saturated carbocycles. The van der Waals surface area contributed by atoms with Crippen LogP contribution in [0.4, 0.5) is 0 Å². The van der Waals surface area contributed by atoms with Crippen LogP contribution in [0.1, 0.15) is 13.8 Å².